The molecule has 0 aliphatic carbocycles. The molecule has 0 saturated carbocycles. The maximum Gasteiger partial charge on any atom is 0.182 e. The lowest BCUT2D eigenvalue weighted by Gasteiger charge is -2.08. The van der Waals surface area contributed by atoms with Gasteiger partial charge in [0.1, 0.15) is 28.3 Å². The van der Waals surface area contributed by atoms with Gasteiger partial charge in [-0.2, -0.15) is 0 Å². The van der Waals surface area contributed by atoms with Crippen molar-refractivity contribution in [2.75, 3.05) is 0 Å². The second-order valence-electron chi connectivity index (χ2n) is 8.05. The minimum Gasteiger partial charge on any atom is -0.486 e. The van der Waals surface area contributed by atoms with E-state index in [0.717, 1.165) is 60.6 Å². The van der Waals surface area contributed by atoms with Gasteiger partial charge in [-0.15, -0.1) is 16.4 Å². The third kappa shape index (κ3) is 3.45. The van der Waals surface area contributed by atoms with E-state index in [1.54, 1.807) is 22.2 Å². The van der Waals surface area contributed by atoms with Crippen LogP contribution in [0.4, 0.5) is 8.78 Å². The summed E-state index contributed by atoms with van der Waals surface area (Å²) >= 11 is 1.56. The molecule has 0 aliphatic rings. The number of nitrogens with zero attached hydrogens (tertiary/aromatic N) is 5. The Morgan fingerprint density at radius 1 is 1.03 bits per heavy atom. The number of hydrogen-bond acceptors (Lipinski definition) is 6. The Hall–Kier alpha value is -3.98. The van der Waals surface area contributed by atoms with Crippen LogP contribution in [-0.2, 0) is 6.61 Å². The number of hydrogen-bond donors (Lipinski definition) is 0. The summed E-state index contributed by atoms with van der Waals surface area (Å²) in [5, 5.41) is 5.66. The van der Waals surface area contributed by atoms with Crippen molar-refractivity contribution < 1.29 is 13.5 Å². The maximum atomic E-state index is 13.9. The number of rotatable bonds is 4. The molecular formula is C25H17F2N5OS. The van der Waals surface area contributed by atoms with Gasteiger partial charge in [-0.05, 0) is 49.2 Å². The fourth-order valence-electron chi connectivity index (χ4n) is 4.04. The van der Waals surface area contributed by atoms with Crippen molar-refractivity contribution in [1.29, 1.82) is 0 Å². The van der Waals surface area contributed by atoms with E-state index in [9.17, 15) is 8.78 Å². The molecule has 0 aliphatic heterocycles. The first-order chi connectivity index (χ1) is 16.5. The van der Waals surface area contributed by atoms with E-state index in [2.05, 4.69) is 28.1 Å². The van der Waals surface area contributed by atoms with Crippen LogP contribution in [0.3, 0.4) is 0 Å². The summed E-state index contributed by atoms with van der Waals surface area (Å²) < 4.78 is 35.1. The van der Waals surface area contributed by atoms with Crippen LogP contribution in [0.5, 0.6) is 5.75 Å². The Bertz CT molecular complexity index is 1730. The highest BCUT2D eigenvalue weighted by molar-refractivity contribution is 7.26. The Labute approximate surface area is 196 Å². The van der Waals surface area contributed by atoms with Crippen molar-refractivity contribution in [3.8, 4) is 17.1 Å². The van der Waals surface area contributed by atoms with Crippen molar-refractivity contribution >= 4 is 37.4 Å². The van der Waals surface area contributed by atoms with E-state index in [1.807, 2.05) is 31.2 Å². The minimum absolute atomic E-state index is 0.00461. The number of aryl methyl sites for hydroxylation is 2. The monoisotopic (exact) mass is 473 g/mol. The molecule has 34 heavy (non-hydrogen) atoms. The normalized spacial score (nSPS) is 11.6. The lowest BCUT2D eigenvalue weighted by Crippen LogP contribution is -1.98. The Morgan fingerprint density at radius 2 is 1.91 bits per heavy atom. The number of fused-ring (bicyclic) bond motifs is 5. The summed E-state index contributed by atoms with van der Waals surface area (Å²) in [6.07, 6.45) is 1.67. The molecule has 0 amide bonds. The summed E-state index contributed by atoms with van der Waals surface area (Å²) in [7, 11) is 0. The molecule has 0 N–H and O–H groups in total. The number of halogens is 2. The van der Waals surface area contributed by atoms with Gasteiger partial charge < -0.3 is 4.74 Å². The van der Waals surface area contributed by atoms with Gasteiger partial charge in [0, 0.05) is 22.7 Å². The zero-order valence-electron chi connectivity index (χ0n) is 18.2. The lowest BCUT2D eigenvalue weighted by molar-refractivity contribution is 0.289. The molecule has 0 spiro atoms. The maximum absolute atomic E-state index is 13.9. The predicted octanol–water partition coefficient (Wildman–Crippen LogP) is 6.03. The minimum atomic E-state index is -0.738. The Morgan fingerprint density at radius 3 is 2.76 bits per heavy atom. The average molecular weight is 474 g/mol. The van der Waals surface area contributed by atoms with Crippen LogP contribution >= 0.6 is 11.3 Å². The molecule has 0 unspecified atom stereocenters. The molecule has 0 bridgehead atoms. The highest BCUT2D eigenvalue weighted by atomic mass is 32.1. The molecule has 6 aromatic rings. The molecule has 2 aromatic carbocycles. The van der Waals surface area contributed by atoms with Crippen molar-refractivity contribution in [2.45, 2.75) is 20.5 Å². The van der Waals surface area contributed by atoms with Gasteiger partial charge in [0.25, 0.3) is 0 Å². The number of thiophene rings is 1. The van der Waals surface area contributed by atoms with Crippen molar-refractivity contribution in [1.82, 2.24) is 24.6 Å². The lowest BCUT2D eigenvalue weighted by atomic mass is 10.1. The molecule has 0 radical (unpaired) electrons. The molecule has 6 rings (SSSR count). The summed E-state index contributed by atoms with van der Waals surface area (Å²) in [5.74, 6) is -0.844. The quantitative estimate of drug-likeness (QED) is 0.313. The van der Waals surface area contributed by atoms with Gasteiger partial charge in [0.15, 0.2) is 23.0 Å². The molecule has 168 valence electrons. The molecule has 4 heterocycles. The standard InChI is InChI=1S/C25H17F2N5OS/c1-13-8-14(2)29-25-20(13)21-22(34-25)24-30-23(31-32(24)12-28-21)16-5-3-4-15(9-16)11-33-19-7-6-17(26)10-18(19)27/h3-10,12H,11H2,1-2H3. The fraction of sp³-hybridized carbons (Fsp3) is 0.120. The van der Waals surface area contributed by atoms with Crippen LogP contribution in [0.1, 0.15) is 16.8 Å². The van der Waals surface area contributed by atoms with Crippen molar-refractivity contribution in [3.63, 3.8) is 0 Å². The Kier molecular flexibility index (Phi) is 4.73. The van der Waals surface area contributed by atoms with Crippen LogP contribution in [0, 0.1) is 25.5 Å². The van der Waals surface area contributed by atoms with Crippen LogP contribution in [0.2, 0.25) is 0 Å². The SMILES string of the molecule is Cc1cc(C)c2c(n1)sc1c2ncn2nc(-c3cccc(COc4ccc(F)cc4F)c3)nc12. The topological polar surface area (TPSA) is 65.2 Å². The van der Waals surface area contributed by atoms with E-state index >= 15 is 0 Å². The number of ether oxygens (including phenoxy) is 1. The van der Waals surface area contributed by atoms with Gasteiger partial charge >= 0.3 is 0 Å². The van der Waals surface area contributed by atoms with Gasteiger partial charge in [-0.25, -0.2) is 28.2 Å². The van der Waals surface area contributed by atoms with Crippen LogP contribution < -0.4 is 4.74 Å². The Balaban J connectivity index is 1.37. The van der Waals surface area contributed by atoms with Gasteiger partial charge in [-0.3, -0.25) is 0 Å². The van der Waals surface area contributed by atoms with E-state index in [4.69, 9.17) is 9.72 Å². The fourth-order valence-corrected chi connectivity index (χ4v) is 5.27. The molecule has 0 atom stereocenters. The first kappa shape index (κ1) is 20.6. The van der Waals surface area contributed by atoms with Crippen LogP contribution in [0.25, 0.3) is 37.5 Å². The number of pyridine rings is 1. The number of benzene rings is 2. The van der Waals surface area contributed by atoms with Crippen molar-refractivity contribution in [3.05, 3.63) is 83.3 Å². The van der Waals surface area contributed by atoms with E-state index in [1.165, 1.54) is 6.07 Å². The third-order valence-electron chi connectivity index (χ3n) is 5.57. The smallest absolute Gasteiger partial charge is 0.182 e. The predicted molar refractivity (Wildman–Crippen MR) is 127 cm³/mol. The van der Waals surface area contributed by atoms with Crippen LogP contribution in [-0.4, -0.2) is 24.6 Å². The first-order valence-corrected chi connectivity index (χ1v) is 11.4. The summed E-state index contributed by atoms with van der Waals surface area (Å²) in [4.78, 5) is 15.0. The molecule has 6 nitrogen and oxygen atoms in total. The highest BCUT2D eigenvalue weighted by Crippen LogP contribution is 2.36. The summed E-state index contributed by atoms with van der Waals surface area (Å²) in [6, 6.07) is 12.8. The second-order valence-corrected chi connectivity index (χ2v) is 9.05. The highest BCUT2D eigenvalue weighted by Gasteiger charge is 2.17. The van der Waals surface area contributed by atoms with E-state index in [0.29, 0.717) is 5.82 Å². The van der Waals surface area contributed by atoms with E-state index < -0.39 is 11.6 Å². The molecular weight excluding hydrogens is 456 g/mol. The second kappa shape index (κ2) is 7.81. The van der Waals surface area contributed by atoms with Gasteiger partial charge in [0.2, 0.25) is 0 Å². The van der Waals surface area contributed by atoms with Gasteiger partial charge in [0.05, 0.1) is 5.52 Å². The van der Waals surface area contributed by atoms with Gasteiger partial charge in [-0.1, -0.05) is 18.2 Å². The molecule has 4 aromatic heterocycles. The molecule has 0 saturated heterocycles. The third-order valence-corrected chi connectivity index (χ3v) is 6.63. The molecule has 9 heteroatoms. The van der Waals surface area contributed by atoms with Crippen molar-refractivity contribution in [2.24, 2.45) is 0 Å². The van der Waals surface area contributed by atoms with Crippen LogP contribution in [0.15, 0.2) is 54.9 Å². The van der Waals surface area contributed by atoms with E-state index in [-0.39, 0.29) is 12.4 Å². The average Bonchev–Trinajstić information content (AvgIpc) is 3.40. The zero-order chi connectivity index (χ0) is 23.4. The summed E-state index contributed by atoms with van der Waals surface area (Å²) in [6.45, 7) is 4.17. The summed E-state index contributed by atoms with van der Waals surface area (Å²) in [5.41, 5.74) is 5.30. The molecule has 0 fully saturated rings. The largest absolute Gasteiger partial charge is 0.486 e. The zero-order valence-corrected chi connectivity index (χ0v) is 19.0. The first-order valence-electron chi connectivity index (χ1n) is 10.6. The number of aromatic nitrogens is 5.